The number of unbranched alkanes of at least 4 members (excludes halogenated alkanes) is 4. The van der Waals surface area contributed by atoms with Crippen LogP contribution in [0.15, 0.2) is 54.6 Å². The van der Waals surface area contributed by atoms with Crippen molar-refractivity contribution in [1.82, 2.24) is 0 Å². The molecule has 0 fully saturated rings. The van der Waals surface area contributed by atoms with Gasteiger partial charge >= 0.3 is 0 Å². The molecule has 0 radical (unpaired) electrons. The molecule has 2 unspecified atom stereocenters. The fraction of sp³-hybridized carbons (Fsp3) is 0.533. The van der Waals surface area contributed by atoms with E-state index in [1.54, 1.807) is 0 Å². The maximum atomic E-state index is 5.91. The normalized spacial score (nSPS) is 17.3. The second-order valence-corrected chi connectivity index (χ2v) is 9.48. The van der Waals surface area contributed by atoms with Gasteiger partial charge in [0, 0.05) is 0 Å². The molecule has 31 heavy (non-hydrogen) atoms. The van der Waals surface area contributed by atoms with E-state index >= 15 is 0 Å². The topological polar surface area (TPSA) is 9.23 Å². The highest BCUT2D eigenvalue weighted by Gasteiger charge is 2.17. The first-order valence-corrected chi connectivity index (χ1v) is 12.7. The summed E-state index contributed by atoms with van der Waals surface area (Å²) in [5, 5.41) is 0. The molecule has 2 atom stereocenters. The third-order valence-electron chi connectivity index (χ3n) is 6.91. The number of ether oxygens (including phenoxy) is 1. The molecule has 168 valence electrons. The average molecular weight is 419 g/mol. The van der Waals surface area contributed by atoms with Crippen LogP contribution in [0, 0.1) is 11.8 Å². The Labute approximate surface area is 190 Å². The summed E-state index contributed by atoms with van der Waals surface area (Å²) in [5.41, 5.74) is 5.47. The number of hydrogen-bond acceptors (Lipinski definition) is 1. The Morgan fingerprint density at radius 3 is 2.10 bits per heavy atom. The molecule has 3 rings (SSSR count). The van der Waals surface area contributed by atoms with E-state index in [0.717, 1.165) is 30.6 Å². The van der Waals surface area contributed by atoms with Crippen molar-refractivity contribution >= 4 is 5.57 Å². The van der Waals surface area contributed by atoms with Crippen molar-refractivity contribution in [2.75, 3.05) is 6.61 Å². The predicted molar refractivity (Wildman–Crippen MR) is 136 cm³/mol. The van der Waals surface area contributed by atoms with Gasteiger partial charge in [0.15, 0.2) is 0 Å². The van der Waals surface area contributed by atoms with E-state index in [4.69, 9.17) is 4.74 Å². The quantitative estimate of drug-likeness (QED) is 0.312. The van der Waals surface area contributed by atoms with Crippen LogP contribution in [0.2, 0.25) is 0 Å². The van der Waals surface area contributed by atoms with Crippen molar-refractivity contribution < 1.29 is 4.74 Å². The Hall–Kier alpha value is -2.02. The fourth-order valence-electron chi connectivity index (χ4n) is 4.62. The van der Waals surface area contributed by atoms with Crippen molar-refractivity contribution in [3.63, 3.8) is 0 Å². The molecule has 0 N–H and O–H groups in total. The van der Waals surface area contributed by atoms with Gasteiger partial charge in [-0.1, -0.05) is 95.3 Å². The van der Waals surface area contributed by atoms with Crippen molar-refractivity contribution in [2.24, 2.45) is 11.8 Å². The zero-order valence-electron chi connectivity index (χ0n) is 20.0. The van der Waals surface area contributed by atoms with Crippen molar-refractivity contribution in [3.8, 4) is 16.9 Å². The minimum atomic E-state index is 0.824. The third kappa shape index (κ3) is 7.56. The smallest absolute Gasteiger partial charge is 0.119 e. The maximum Gasteiger partial charge on any atom is 0.119 e. The fourth-order valence-corrected chi connectivity index (χ4v) is 4.62. The summed E-state index contributed by atoms with van der Waals surface area (Å²) in [7, 11) is 0. The van der Waals surface area contributed by atoms with E-state index in [0.29, 0.717) is 0 Å². The standard InChI is InChI=1S/C30H42O/c1-4-6-7-8-9-22-31-30-20-18-29(19-21-30)28-16-14-27(15-17-28)26-12-10-25(11-13-26)23-24(3)5-2/h12,14-21,24-25H,4-11,13,22-23H2,1-3H3. The van der Waals surface area contributed by atoms with Gasteiger partial charge in [-0.25, -0.2) is 0 Å². The van der Waals surface area contributed by atoms with Crippen LogP contribution in [0.3, 0.4) is 0 Å². The Morgan fingerprint density at radius 2 is 1.48 bits per heavy atom. The van der Waals surface area contributed by atoms with Gasteiger partial charge in [0.05, 0.1) is 6.61 Å². The second kappa shape index (κ2) is 12.7. The molecule has 0 bridgehead atoms. The van der Waals surface area contributed by atoms with Crippen molar-refractivity contribution in [2.45, 2.75) is 85.0 Å². The molecular formula is C30H42O. The number of benzene rings is 2. The molecule has 0 heterocycles. The van der Waals surface area contributed by atoms with Crippen molar-refractivity contribution in [1.29, 1.82) is 0 Å². The van der Waals surface area contributed by atoms with Gasteiger partial charge in [0.2, 0.25) is 0 Å². The van der Waals surface area contributed by atoms with E-state index in [2.05, 4.69) is 75.4 Å². The SMILES string of the molecule is CCCCCCCOc1ccc(-c2ccc(C3=CCC(CC(C)CC)CC3)cc2)cc1. The van der Waals surface area contributed by atoms with Crippen LogP contribution < -0.4 is 4.74 Å². The van der Waals surface area contributed by atoms with Crippen LogP contribution in [0.25, 0.3) is 16.7 Å². The van der Waals surface area contributed by atoms with Crippen LogP contribution in [-0.2, 0) is 0 Å². The predicted octanol–water partition coefficient (Wildman–Crippen LogP) is 9.32. The molecule has 2 aromatic carbocycles. The van der Waals surface area contributed by atoms with Gasteiger partial charge in [-0.15, -0.1) is 0 Å². The molecule has 1 heteroatoms. The number of hydrogen-bond donors (Lipinski definition) is 0. The molecule has 0 aromatic heterocycles. The third-order valence-corrected chi connectivity index (χ3v) is 6.91. The van der Waals surface area contributed by atoms with Gasteiger partial charge in [-0.2, -0.15) is 0 Å². The highest BCUT2D eigenvalue weighted by atomic mass is 16.5. The minimum absolute atomic E-state index is 0.824. The zero-order valence-corrected chi connectivity index (χ0v) is 20.0. The summed E-state index contributed by atoms with van der Waals surface area (Å²) in [6.45, 7) is 7.78. The van der Waals surface area contributed by atoms with Gasteiger partial charge in [-0.3, -0.25) is 0 Å². The summed E-state index contributed by atoms with van der Waals surface area (Å²) >= 11 is 0. The first kappa shape index (κ1) is 23.6. The van der Waals surface area contributed by atoms with Crippen molar-refractivity contribution in [3.05, 3.63) is 60.2 Å². The van der Waals surface area contributed by atoms with Crippen LogP contribution in [0.5, 0.6) is 5.75 Å². The van der Waals surface area contributed by atoms with Gasteiger partial charge in [0.25, 0.3) is 0 Å². The summed E-state index contributed by atoms with van der Waals surface area (Å²) in [5.74, 6) is 2.73. The summed E-state index contributed by atoms with van der Waals surface area (Å²) < 4.78 is 5.91. The van der Waals surface area contributed by atoms with Crippen LogP contribution >= 0.6 is 0 Å². The van der Waals surface area contributed by atoms with E-state index in [-0.39, 0.29) is 0 Å². The molecule has 0 saturated heterocycles. The zero-order chi connectivity index (χ0) is 21.9. The van der Waals surface area contributed by atoms with E-state index in [9.17, 15) is 0 Å². The second-order valence-electron chi connectivity index (χ2n) is 9.48. The molecule has 0 saturated carbocycles. The van der Waals surface area contributed by atoms with Gasteiger partial charge in [0.1, 0.15) is 5.75 Å². The first-order chi connectivity index (χ1) is 15.2. The largest absolute Gasteiger partial charge is 0.494 e. The molecule has 2 aromatic rings. The first-order valence-electron chi connectivity index (χ1n) is 12.7. The molecule has 1 aliphatic carbocycles. The number of rotatable bonds is 12. The van der Waals surface area contributed by atoms with E-state index in [1.165, 1.54) is 80.1 Å². The molecule has 1 nitrogen and oxygen atoms in total. The van der Waals surface area contributed by atoms with Gasteiger partial charge in [-0.05, 0) is 78.3 Å². The van der Waals surface area contributed by atoms with E-state index in [1.807, 2.05) is 0 Å². The Bertz CT molecular complexity index is 784. The highest BCUT2D eigenvalue weighted by molar-refractivity contribution is 5.71. The summed E-state index contributed by atoms with van der Waals surface area (Å²) in [6.07, 6.45) is 15.4. The lowest BCUT2D eigenvalue weighted by molar-refractivity contribution is 0.304. The van der Waals surface area contributed by atoms with E-state index < -0.39 is 0 Å². The number of allylic oxidation sites excluding steroid dienone is 2. The van der Waals surface area contributed by atoms with Crippen LogP contribution in [-0.4, -0.2) is 6.61 Å². The average Bonchev–Trinajstić information content (AvgIpc) is 2.82. The van der Waals surface area contributed by atoms with Crippen LogP contribution in [0.1, 0.15) is 90.5 Å². The minimum Gasteiger partial charge on any atom is -0.494 e. The van der Waals surface area contributed by atoms with Gasteiger partial charge < -0.3 is 4.74 Å². The lowest BCUT2D eigenvalue weighted by Crippen LogP contribution is -2.09. The summed E-state index contributed by atoms with van der Waals surface area (Å²) in [4.78, 5) is 0. The Balaban J connectivity index is 1.50. The molecule has 0 spiro atoms. The summed E-state index contributed by atoms with van der Waals surface area (Å²) in [6, 6.07) is 17.7. The lowest BCUT2D eigenvalue weighted by Gasteiger charge is -2.24. The Morgan fingerprint density at radius 1 is 0.839 bits per heavy atom. The monoisotopic (exact) mass is 418 g/mol. The molecule has 1 aliphatic rings. The van der Waals surface area contributed by atoms with Crippen LogP contribution in [0.4, 0.5) is 0 Å². The maximum absolute atomic E-state index is 5.91. The Kier molecular flexibility index (Phi) is 9.72. The highest BCUT2D eigenvalue weighted by Crippen LogP contribution is 2.34. The molecule has 0 amide bonds. The molecule has 0 aliphatic heterocycles. The lowest BCUT2D eigenvalue weighted by atomic mass is 9.81. The molecular weight excluding hydrogens is 376 g/mol.